The van der Waals surface area contributed by atoms with E-state index in [1.807, 2.05) is 0 Å². The van der Waals surface area contributed by atoms with Crippen LogP contribution in [0.5, 0.6) is 0 Å². The minimum atomic E-state index is -3.54. The van der Waals surface area contributed by atoms with E-state index in [4.69, 9.17) is 23.9 Å². The summed E-state index contributed by atoms with van der Waals surface area (Å²) in [6, 6.07) is 0. The first-order chi connectivity index (χ1) is 11.4. The Morgan fingerprint density at radius 1 is 1.00 bits per heavy atom. The van der Waals surface area contributed by atoms with Crippen LogP contribution in [0.2, 0.25) is 0 Å². The van der Waals surface area contributed by atoms with Crippen molar-refractivity contribution < 1.29 is 33.2 Å². The molecule has 0 aromatic rings. The first kappa shape index (κ1) is 22.8. The second-order valence-corrected chi connectivity index (χ2v) is 6.58. The summed E-state index contributed by atoms with van der Waals surface area (Å²) in [5.74, 6) is -0.389. The van der Waals surface area contributed by atoms with Crippen molar-refractivity contribution in [2.75, 3.05) is 26.0 Å². The van der Waals surface area contributed by atoms with Gasteiger partial charge in [0.25, 0.3) is 0 Å². The van der Waals surface area contributed by atoms with E-state index in [0.29, 0.717) is 6.61 Å². The molecule has 0 saturated heterocycles. The maximum atomic E-state index is 12.4. The third-order valence-corrected chi connectivity index (χ3v) is 3.93. The lowest BCUT2D eigenvalue weighted by molar-refractivity contribution is -0.262. The van der Waals surface area contributed by atoms with Crippen LogP contribution in [-0.4, -0.2) is 32.0 Å². The van der Waals surface area contributed by atoms with Crippen molar-refractivity contribution in [3.8, 4) is 0 Å². The van der Waals surface area contributed by atoms with Gasteiger partial charge in [0.1, 0.15) is 0 Å². The second-order valence-electron chi connectivity index (χ2n) is 4.74. The van der Waals surface area contributed by atoms with Crippen molar-refractivity contribution in [2.45, 2.75) is 34.6 Å². The van der Waals surface area contributed by atoms with E-state index >= 15 is 0 Å². The molecular weight excluding hydrogens is 335 g/mol. The predicted octanol–water partition coefficient (Wildman–Crippen LogP) is 4.13. The summed E-state index contributed by atoms with van der Waals surface area (Å²) in [7, 11) is -3.54. The number of hydrogen-bond acceptors (Lipinski definition) is 7. The standard InChI is InChI=1S/C16H27O7P/c1-6-19-16(17)12-14(4)10-9-11-15(5)13-24(18,22-20-7-2)23-21-8-3/h9-12H,6-8,13H2,1-5H3/b10-9+,14-12+,15-11+. The fourth-order valence-corrected chi connectivity index (χ4v) is 2.85. The minimum absolute atomic E-state index is 0.0119. The van der Waals surface area contributed by atoms with Gasteiger partial charge in [-0.25, -0.2) is 14.6 Å². The van der Waals surface area contributed by atoms with E-state index in [1.54, 1.807) is 52.8 Å². The van der Waals surface area contributed by atoms with Crippen LogP contribution in [0.3, 0.4) is 0 Å². The van der Waals surface area contributed by atoms with Crippen molar-refractivity contribution in [1.29, 1.82) is 0 Å². The Bertz CT molecular complexity index is 497. The highest BCUT2D eigenvalue weighted by molar-refractivity contribution is 7.53. The summed E-state index contributed by atoms with van der Waals surface area (Å²) >= 11 is 0. The molecule has 0 atom stereocenters. The summed E-state index contributed by atoms with van der Waals surface area (Å²) in [5, 5.41) is 0. The molecule has 0 bridgehead atoms. The van der Waals surface area contributed by atoms with Gasteiger partial charge >= 0.3 is 13.6 Å². The number of hydrogen-bond donors (Lipinski definition) is 0. The van der Waals surface area contributed by atoms with Gasteiger partial charge < -0.3 is 4.74 Å². The average molecular weight is 362 g/mol. The molecule has 0 unspecified atom stereocenters. The predicted molar refractivity (Wildman–Crippen MR) is 91.2 cm³/mol. The topological polar surface area (TPSA) is 80.3 Å². The fraction of sp³-hybridized carbons (Fsp3) is 0.562. The Labute approximate surface area is 143 Å². The highest BCUT2D eigenvalue weighted by Gasteiger charge is 2.28. The van der Waals surface area contributed by atoms with Gasteiger partial charge in [-0.2, -0.15) is 0 Å². The van der Waals surface area contributed by atoms with Crippen LogP contribution in [0, 0.1) is 0 Å². The molecule has 0 saturated carbocycles. The lowest BCUT2D eigenvalue weighted by atomic mass is 10.2. The van der Waals surface area contributed by atoms with Crippen molar-refractivity contribution in [1.82, 2.24) is 0 Å². The van der Waals surface area contributed by atoms with Crippen LogP contribution < -0.4 is 0 Å². The molecule has 0 aromatic carbocycles. The summed E-state index contributed by atoms with van der Waals surface area (Å²) < 4.78 is 26.9. The van der Waals surface area contributed by atoms with Gasteiger partial charge in [-0.3, -0.25) is 4.57 Å². The molecule has 0 fully saturated rings. The van der Waals surface area contributed by atoms with Crippen molar-refractivity contribution in [2.24, 2.45) is 0 Å². The Kier molecular flexibility index (Phi) is 12.4. The SMILES string of the molecule is CCOOP(=O)(C/C(C)=C/C=C/C(C)=C/C(=O)OCC)OOCC. The van der Waals surface area contributed by atoms with Gasteiger partial charge in [-0.05, 0) is 40.2 Å². The van der Waals surface area contributed by atoms with Gasteiger partial charge in [-0.15, -0.1) is 9.35 Å². The van der Waals surface area contributed by atoms with E-state index in [0.717, 1.165) is 11.1 Å². The Morgan fingerprint density at radius 2 is 1.58 bits per heavy atom. The molecule has 138 valence electrons. The Morgan fingerprint density at radius 3 is 2.08 bits per heavy atom. The van der Waals surface area contributed by atoms with Crippen LogP contribution in [-0.2, 0) is 33.2 Å². The molecule has 7 nitrogen and oxygen atoms in total. The smallest absolute Gasteiger partial charge is 0.388 e. The Hall–Kier alpha value is -1.24. The van der Waals surface area contributed by atoms with Crippen molar-refractivity contribution in [3.63, 3.8) is 0 Å². The molecular formula is C16H27O7P. The maximum Gasteiger partial charge on any atom is 0.388 e. The third-order valence-electron chi connectivity index (χ3n) is 2.38. The molecule has 0 aliphatic heterocycles. The molecule has 0 radical (unpaired) electrons. The van der Waals surface area contributed by atoms with Crippen molar-refractivity contribution >= 4 is 13.6 Å². The molecule has 0 rings (SSSR count). The third kappa shape index (κ3) is 11.3. The van der Waals surface area contributed by atoms with E-state index in [-0.39, 0.29) is 25.3 Å². The lowest BCUT2D eigenvalue weighted by Gasteiger charge is -2.15. The first-order valence-electron chi connectivity index (χ1n) is 7.77. The molecule has 8 heteroatoms. The van der Waals surface area contributed by atoms with Crippen LogP contribution >= 0.6 is 7.60 Å². The van der Waals surface area contributed by atoms with Crippen molar-refractivity contribution in [3.05, 3.63) is 35.5 Å². The quantitative estimate of drug-likeness (QED) is 0.129. The lowest BCUT2D eigenvalue weighted by Crippen LogP contribution is -2.03. The van der Waals surface area contributed by atoms with Gasteiger partial charge in [0.05, 0.1) is 26.0 Å². The zero-order valence-corrected chi connectivity index (χ0v) is 15.8. The van der Waals surface area contributed by atoms with Gasteiger partial charge in [0, 0.05) is 6.08 Å². The molecule has 0 aliphatic rings. The number of ether oxygens (including phenoxy) is 1. The normalized spacial score (nSPS) is 13.5. The first-order valence-corrected chi connectivity index (χ1v) is 9.50. The maximum absolute atomic E-state index is 12.4. The molecule has 0 N–H and O–H groups in total. The van der Waals surface area contributed by atoms with Gasteiger partial charge in [0.15, 0.2) is 0 Å². The van der Waals surface area contributed by atoms with Crippen LogP contribution in [0.25, 0.3) is 0 Å². The molecule has 0 spiro atoms. The monoisotopic (exact) mass is 362 g/mol. The van der Waals surface area contributed by atoms with Crippen LogP contribution in [0.4, 0.5) is 0 Å². The number of allylic oxidation sites excluding steroid dienone is 5. The zero-order chi connectivity index (χ0) is 18.4. The number of rotatable bonds is 12. The summed E-state index contributed by atoms with van der Waals surface area (Å²) in [6.45, 7) is 9.50. The van der Waals surface area contributed by atoms with E-state index in [9.17, 15) is 9.36 Å². The molecule has 24 heavy (non-hydrogen) atoms. The average Bonchev–Trinajstić information content (AvgIpc) is 2.51. The van der Waals surface area contributed by atoms with Crippen LogP contribution in [0.1, 0.15) is 34.6 Å². The number of carbonyl (C=O) groups is 1. The van der Waals surface area contributed by atoms with Crippen LogP contribution in [0.15, 0.2) is 35.5 Å². The summed E-state index contributed by atoms with van der Waals surface area (Å²) in [6.07, 6.45) is 6.60. The van der Waals surface area contributed by atoms with Gasteiger partial charge in [-0.1, -0.05) is 23.8 Å². The number of esters is 1. The zero-order valence-electron chi connectivity index (χ0n) is 14.9. The summed E-state index contributed by atoms with van der Waals surface area (Å²) in [5.41, 5.74) is 1.47. The Balaban J connectivity index is 4.76. The number of carbonyl (C=O) groups excluding carboxylic acids is 1. The minimum Gasteiger partial charge on any atom is -0.463 e. The largest absolute Gasteiger partial charge is 0.463 e. The van der Waals surface area contributed by atoms with E-state index in [1.165, 1.54) is 6.08 Å². The summed E-state index contributed by atoms with van der Waals surface area (Å²) in [4.78, 5) is 20.8. The van der Waals surface area contributed by atoms with E-state index < -0.39 is 7.60 Å². The highest BCUT2D eigenvalue weighted by atomic mass is 31.2. The molecule has 0 aromatic heterocycles. The second kappa shape index (κ2) is 13.1. The van der Waals surface area contributed by atoms with E-state index in [2.05, 4.69) is 0 Å². The fourth-order valence-electron chi connectivity index (χ4n) is 1.47. The molecule has 0 amide bonds. The highest BCUT2D eigenvalue weighted by Crippen LogP contribution is 2.50. The molecule has 0 aliphatic carbocycles. The van der Waals surface area contributed by atoms with Gasteiger partial charge in [0.2, 0.25) is 0 Å². The molecule has 0 heterocycles.